The fourth-order valence-corrected chi connectivity index (χ4v) is 3.40. The molecular formula is C19H18FN5O2S. The Hall–Kier alpha value is -3.33. The number of halogens is 1. The number of benzene rings is 1. The van der Waals surface area contributed by atoms with Crippen LogP contribution in [-0.4, -0.2) is 34.9 Å². The van der Waals surface area contributed by atoms with E-state index in [-0.39, 0.29) is 11.5 Å². The van der Waals surface area contributed by atoms with Gasteiger partial charge in [-0.05, 0) is 36.8 Å². The van der Waals surface area contributed by atoms with E-state index in [2.05, 4.69) is 25.9 Å². The second-order valence-electron chi connectivity index (χ2n) is 5.86. The quantitative estimate of drug-likeness (QED) is 0.531. The van der Waals surface area contributed by atoms with Gasteiger partial charge >= 0.3 is 0 Å². The van der Waals surface area contributed by atoms with Gasteiger partial charge in [0.15, 0.2) is 0 Å². The number of thiophene rings is 1. The van der Waals surface area contributed by atoms with Gasteiger partial charge in [0.05, 0.1) is 16.1 Å². The molecule has 3 rings (SSSR count). The molecular weight excluding hydrogens is 381 g/mol. The van der Waals surface area contributed by atoms with Crippen molar-refractivity contribution in [1.29, 1.82) is 0 Å². The molecule has 0 aliphatic rings. The van der Waals surface area contributed by atoms with Crippen LogP contribution in [0.25, 0.3) is 0 Å². The van der Waals surface area contributed by atoms with Gasteiger partial charge in [0.2, 0.25) is 0 Å². The van der Waals surface area contributed by atoms with E-state index in [4.69, 9.17) is 0 Å². The first-order valence-electron chi connectivity index (χ1n) is 8.48. The van der Waals surface area contributed by atoms with Crippen molar-refractivity contribution >= 4 is 34.0 Å². The Morgan fingerprint density at radius 1 is 1.14 bits per heavy atom. The molecule has 0 spiro atoms. The number of aromatic nitrogens is 2. The van der Waals surface area contributed by atoms with Crippen LogP contribution in [0.3, 0.4) is 0 Å². The van der Waals surface area contributed by atoms with Gasteiger partial charge in [-0.15, -0.1) is 11.3 Å². The summed E-state index contributed by atoms with van der Waals surface area (Å²) in [7, 11) is 0. The van der Waals surface area contributed by atoms with Crippen LogP contribution >= 0.6 is 11.3 Å². The zero-order valence-electron chi connectivity index (χ0n) is 15.0. The Bertz CT molecular complexity index is 977. The Labute approximate surface area is 165 Å². The van der Waals surface area contributed by atoms with Gasteiger partial charge in [-0.25, -0.2) is 9.37 Å². The average Bonchev–Trinajstić information content (AvgIpc) is 3.06. The number of hydrogen-bond donors (Lipinski definition) is 3. The summed E-state index contributed by atoms with van der Waals surface area (Å²) < 4.78 is 13.3. The molecule has 0 unspecified atom stereocenters. The fourth-order valence-electron chi connectivity index (χ4n) is 2.42. The van der Waals surface area contributed by atoms with Crippen molar-refractivity contribution in [3.8, 4) is 0 Å². The molecule has 9 heteroatoms. The minimum absolute atomic E-state index is 0.215. The number of anilines is 2. The predicted molar refractivity (Wildman–Crippen MR) is 106 cm³/mol. The van der Waals surface area contributed by atoms with Crippen molar-refractivity contribution in [2.75, 3.05) is 23.7 Å². The third-order valence-electron chi connectivity index (χ3n) is 3.73. The van der Waals surface area contributed by atoms with E-state index >= 15 is 0 Å². The van der Waals surface area contributed by atoms with Crippen molar-refractivity contribution < 1.29 is 14.0 Å². The van der Waals surface area contributed by atoms with Gasteiger partial charge in [0, 0.05) is 31.0 Å². The second-order valence-corrected chi connectivity index (χ2v) is 6.91. The molecule has 28 heavy (non-hydrogen) atoms. The van der Waals surface area contributed by atoms with E-state index in [1.165, 1.54) is 29.5 Å². The maximum atomic E-state index is 13.3. The lowest BCUT2D eigenvalue weighted by Gasteiger charge is -2.06. The monoisotopic (exact) mass is 399 g/mol. The van der Waals surface area contributed by atoms with Crippen molar-refractivity contribution in [3.05, 3.63) is 70.7 Å². The highest BCUT2D eigenvalue weighted by Crippen LogP contribution is 2.27. The lowest BCUT2D eigenvalue weighted by molar-refractivity contribution is 0.0957. The summed E-state index contributed by atoms with van der Waals surface area (Å²) in [6.45, 7) is 2.69. The topological polar surface area (TPSA) is 96.0 Å². The molecule has 7 nitrogen and oxygen atoms in total. The number of hydrogen-bond acceptors (Lipinski definition) is 6. The molecule has 3 N–H and O–H groups in total. The number of carbonyl (C=O) groups excluding carboxylic acids is 2. The van der Waals surface area contributed by atoms with E-state index in [1.807, 2.05) is 0 Å². The third-order valence-corrected chi connectivity index (χ3v) is 4.88. The summed E-state index contributed by atoms with van der Waals surface area (Å²) in [4.78, 5) is 33.1. The highest BCUT2D eigenvalue weighted by molar-refractivity contribution is 7.18. The smallest absolute Gasteiger partial charge is 0.261 e. The summed E-state index contributed by atoms with van der Waals surface area (Å²) in [5.41, 5.74) is 0.964. The van der Waals surface area contributed by atoms with Crippen LogP contribution in [0.2, 0.25) is 0 Å². The largest absolute Gasteiger partial charge is 0.367 e. The first-order valence-corrected chi connectivity index (χ1v) is 9.30. The highest BCUT2D eigenvalue weighted by atomic mass is 32.1. The van der Waals surface area contributed by atoms with E-state index < -0.39 is 11.7 Å². The van der Waals surface area contributed by atoms with Crippen LogP contribution in [-0.2, 0) is 0 Å². The van der Waals surface area contributed by atoms with Crippen molar-refractivity contribution in [2.24, 2.45) is 0 Å². The van der Waals surface area contributed by atoms with Gasteiger partial charge in [0.1, 0.15) is 11.6 Å². The number of aryl methyl sites for hydroxylation is 1. The minimum Gasteiger partial charge on any atom is -0.367 e. The van der Waals surface area contributed by atoms with Crippen LogP contribution in [0.15, 0.2) is 48.9 Å². The Balaban J connectivity index is 1.54. The molecule has 0 saturated carbocycles. The van der Waals surface area contributed by atoms with Gasteiger partial charge in [-0.1, -0.05) is 6.07 Å². The fraction of sp³-hybridized carbons (Fsp3) is 0.158. The van der Waals surface area contributed by atoms with Crippen molar-refractivity contribution in [3.63, 3.8) is 0 Å². The molecule has 2 amide bonds. The maximum absolute atomic E-state index is 13.3. The standard InChI is InChI=1S/C19H18FN5O2S/c1-12-9-16(25-18(26)13-3-2-4-14(20)10-13)28-17(12)19(27)24-8-7-23-15-11-21-5-6-22-15/h2-6,9-11H,7-8H2,1H3,(H,22,23)(H,24,27)(H,25,26). The molecule has 0 aliphatic heterocycles. The number of amides is 2. The van der Waals surface area contributed by atoms with E-state index in [0.29, 0.717) is 28.8 Å². The van der Waals surface area contributed by atoms with Gasteiger partial charge in [-0.3, -0.25) is 14.6 Å². The number of nitrogens with zero attached hydrogens (tertiary/aromatic N) is 2. The van der Waals surface area contributed by atoms with E-state index in [0.717, 1.165) is 11.6 Å². The Morgan fingerprint density at radius 3 is 2.75 bits per heavy atom. The summed E-state index contributed by atoms with van der Waals surface area (Å²) in [6, 6.07) is 7.14. The zero-order chi connectivity index (χ0) is 19.9. The van der Waals surface area contributed by atoms with Crippen LogP contribution in [0, 0.1) is 12.7 Å². The lowest BCUT2D eigenvalue weighted by atomic mass is 10.2. The zero-order valence-corrected chi connectivity index (χ0v) is 15.8. The third kappa shape index (κ3) is 5.10. The normalized spacial score (nSPS) is 10.4. The molecule has 0 saturated heterocycles. The molecule has 2 aromatic heterocycles. The van der Waals surface area contributed by atoms with Gasteiger partial charge < -0.3 is 16.0 Å². The Kier molecular flexibility index (Phi) is 6.28. The summed E-state index contributed by atoms with van der Waals surface area (Å²) >= 11 is 1.17. The second kappa shape index (κ2) is 9.05. The SMILES string of the molecule is Cc1cc(NC(=O)c2cccc(F)c2)sc1C(=O)NCCNc1cnccn1. The number of carbonyl (C=O) groups is 2. The van der Waals surface area contributed by atoms with Crippen LogP contribution in [0.4, 0.5) is 15.2 Å². The maximum Gasteiger partial charge on any atom is 0.261 e. The molecule has 0 aliphatic carbocycles. The van der Waals surface area contributed by atoms with Crippen molar-refractivity contribution in [1.82, 2.24) is 15.3 Å². The van der Waals surface area contributed by atoms with Crippen molar-refractivity contribution in [2.45, 2.75) is 6.92 Å². The molecule has 0 bridgehead atoms. The van der Waals surface area contributed by atoms with E-state index in [1.54, 1.807) is 31.6 Å². The molecule has 2 heterocycles. The number of rotatable bonds is 7. The molecule has 144 valence electrons. The first-order chi connectivity index (χ1) is 13.5. The molecule has 1 aromatic carbocycles. The van der Waals surface area contributed by atoms with Gasteiger partial charge in [-0.2, -0.15) is 0 Å². The summed E-state index contributed by atoms with van der Waals surface area (Å²) in [5.74, 6) is -0.507. The summed E-state index contributed by atoms with van der Waals surface area (Å²) in [5, 5.41) is 9.08. The highest BCUT2D eigenvalue weighted by Gasteiger charge is 2.15. The van der Waals surface area contributed by atoms with Crippen LogP contribution < -0.4 is 16.0 Å². The molecule has 3 aromatic rings. The van der Waals surface area contributed by atoms with Crippen LogP contribution in [0.5, 0.6) is 0 Å². The minimum atomic E-state index is -0.481. The first kappa shape index (κ1) is 19.4. The number of nitrogens with one attached hydrogen (secondary N) is 3. The lowest BCUT2D eigenvalue weighted by Crippen LogP contribution is -2.28. The van der Waals surface area contributed by atoms with Crippen LogP contribution in [0.1, 0.15) is 25.6 Å². The Morgan fingerprint density at radius 2 is 2.00 bits per heavy atom. The average molecular weight is 399 g/mol. The van der Waals surface area contributed by atoms with E-state index in [9.17, 15) is 14.0 Å². The molecule has 0 atom stereocenters. The van der Waals surface area contributed by atoms with Gasteiger partial charge in [0.25, 0.3) is 11.8 Å². The molecule has 0 radical (unpaired) electrons. The summed E-state index contributed by atoms with van der Waals surface area (Å²) in [6.07, 6.45) is 4.76. The predicted octanol–water partition coefficient (Wildman–Crippen LogP) is 3.08. The molecule has 0 fully saturated rings.